The van der Waals surface area contributed by atoms with Gasteiger partial charge in [0.1, 0.15) is 6.61 Å². The summed E-state index contributed by atoms with van der Waals surface area (Å²) in [6.45, 7) is 1.39. The van der Waals surface area contributed by atoms with E-state index in [1.807, 2.05) is 0 Å². The number of carboxylic acids is 3. The molecule has 0 atom stereocenters. The Kier molecular flexibility index (Phi) is 17.4. The fourth-order valence-corrected chi connectivity index (χ4v) is 0. The van der Waals surface area contributed by atoms with Crippen molar-refractivity contribution < 1.29 is 34.8 Å². The molecule has 7 nitrogen and oxygen atoms in total. The number of carbonyl (C=O) groups is 3. The Morgan fingerprint density at radius 1 is 0.923 bits per heavy atom. The van der Waals surface area contributed by atoms with Gasteiger partial charge in [0.25, 0.3) is 11.9 Å². The Hall–Kier alpha value is -1.63. The first-order valence-corrected chi connectivity index (χ1v) is 2.95. The highest BCUT2D eigenvalue weighted by molar-refractivity contribution is 5.67. The highest BCUT2D eigenvalue weighted by Crippen LogP contribution is 1.49. The number of aliphatic carboxylic acids is 3. The number of aliphatic hydroxyl groups is 1. The van der Waals surface area contributed by atoms with Gasteiger partial charge in [-0.25, -0.2) is 4.79 Å². The van der Waals surface area contributed by atoms with Crippen LogP contribution >= 0.6 is 0 Å². The van der Waals surface area contributed by atoms with Crippen LogP contribution in [0.1, 0.15) is 13.8 Å². The Bertz CT molecular complexity index is 142. The second-order valence-corrected chi connectivity index (χ2v) is 1.59. The van der Waals surface area contributed by atoms with E-state index in [9.17, 15) is 0 Å². The Balaban J connectivity index is -0.000000117. The lowest BCUT2D eigenvalue weighted by atomic mass is 10.8. The molecule has 7 heteroatoms. The fourth-order valence-electron chi connectivity index (χ4n) is 0. The van der Waals surface area contributed by atoms with Crippen LogP contribution in [0.15, 0.2) is 0 Å². The quantitative estimate of drug-likeness (QED) is 0.433. The molecule has 0 aromatic heterocycles. The van der Waals surface area contributed by atoms with Crippen LogP contribution in [0.25, 0.3) is 0 Å². The summed E-state index contributed by atoms with van der Waals surface area (Å²) in [6.07, 6.45) is 0. The molecular weight excluding hydrogens is 184 g/mol. The van der Waals surface area contributed by atoms with E-state index in [2.05, 4.69) is 0 Å². The Morgan fingerprint density at radius 3 is 1.00 bits per heavy atom. The van der Waals surface area contributed by atoms with E-state index in [1.54, 1.807) is 0 Å². The summed E-state index contributed by atoms with van der Waals surface area (Å²) in [5.41, 5.74) is 0. The van der Waals surface area contributed by atoms with Crippen molar-refractivity contribution in [2.45, 2.75) is 13.8 Å². The summed E-state index contributed by atoms with van der Waals surface area (Å²) in [5, 5.41) is 29.8. The average Bonchev–Trinajstić information content (AvgIpc) is 1.84. The molecule has 78 valence electrons. The molecule has 0 saturated carbocycles. The van der Waals surface area contributed by atoms with E-state index in [-0.39, 0.29) is 0 Å². The second kappa shape index (κ2) is 13.0. The van der Waals surface area contributed by atoms with Gasteiger partial charge in [-0.15, -0.1) is 0 Å². The lowest BCUT2D eigenvalue weighted by Gasteiger charge is -1.72. The van der Waals surface area contributed by atoms with Crippen molar-refractivity contribution in [2.24, 2.45) is 0 Å². The van der Waals surface area contributed by atoms with Crippen molar-refractivity contribution in [3.8, 4) is 0 Å². The Morgan fingerprint density at radius 2 is 1.00 bits per heavy atom. The fraction of sp³-hybridized carbons (Fsp3) is 0.500. The van der Waals surface area contributed by atoms with Crippen molar-refractivity contribution in [2.75, 3.05) is 6.61 Å². The number of aliphatic hydroxyl groups excluding tert-OH is 1. The lowest BCUT2D eigenvalue weighted by Crippen LogP contribution is -1.98. The number of rotatable bonds is 1. The van der Waals surface area contributed by atoms with E-state index in [1.165, 1.54) is 0 Å². The standard InChI is InChI=1S/C2H4O3.2C2H4O2/c3-1-2(4)5;2*1-2(3)4/h3H,1H2,(H,4,5);2*1H3,(H,3,4). The van der Waals surface area contributed by atoms with Crippen LogP contribution in [0.3, 0.4) is 0 Å². The van der Waals surface area contributed by atoms with Gasteiger partial charge >= 0.3 is 5.97 Å². The molecule has 0 saturated heterocycles. The minimum Gasteiger partial charge on any atom is -0.481 e. The summed E-state index contributed by atoms with van der Waals surface area (Å²) in [4.78, 5) is 27.1. The first-order chi connectivity index (χ1) is 5.73. The van der Waals surface area contributed by atoms with Gasteiger partial charge < -0.3 is 20.4 Å². The maximum Gasteiger partial charge on any atom is 0.329 e. The second-order valence-electron chi connectivity index (χ2n) is 1.59. The summed E-state index contributed by atoms with van der Waals surface area (Å²) in [5.74, 6) is -2.86. The smallest absolute Gasteiger partial charge is 0.329 e. The minimum atomic E-state index is -1.19. The summed E-state index contributed by atoms with van der Waals surface area (Å²) in [6, 6.07) is 0. The molecule has 0 aromatic carbocycles. The monoisotopic (exact) mass is 196 g/mol. The van der Waals surface area contributed by atoms with Crippen LogP contribution in [0, 0.1) is 0 Å². The van der Waals surface area contributed by atoms with Crippen molar-refractivity contribution >= 4 is 17.9 Å². The van der Waals surface area contributed by atoms with E-state index in [0.717, 1.165) is 13.8 Å². The maximum absolute atomic E-state index is 9.12. The van der Waals surface area contributed by atoms with Crippen molar-refractivity contribution in [1.29, 1.82) is 0 Å². The van der Waals surface area contributed by atoms with Gasteiger partial charge in [-0.3, -0.25) is 9.59 Å². The zero-order chi connectivity index (χ0) is 11.4. The van der Waals surface area contributed by atoms with Gasteiger partial charge in [-0.1, -0.05) is 0 Å². The highest BCUT2D eigenvalue weighted by atomic mass is 16.4. The highest BCUT2D eigenvalue weighted by Gasteiger charge is 1.82. The zero-order valence-electron chi connectivity index (χ0n) is 7.22. The van der Waals surface area contributed by atoms with Crippen LogP contribution in [0.5, 0.6) is 0 Å². The number of hydrogen-bond donors (Lipinski definition) is 4. The summed E-state index contributed by atoms with van der Waals surface area (Å²) in [7, 11) is 0. The predicted octanol–water partition coefficient (Wildman–Crippen LogP) is -0.755. The lowest BCUT2D eigenvalue weighted by molar-refractivity contribution is -0.140. The summed E-state index contributed by atoms with van der Waals surface area (Å²) >= 11 is 0. The van der Waals surface area contributed by atoms with Gasteiger partial charge in [-0.05, 0) is 0 Å². The molecule has 0 rings (SSSR count). The van der Waals surface area contributed by atoms with Crippen LogP contribution in [-0.2, 0) is 14.4 Å². The summed E-state index contributed by atoms with van der Waals surface area (Å²) < 4.78 is 0. The SMILES string of the molecule is CC(=O)O.CC(=O)O.O=C(O)CO. The van der Waals surface area contributed by atoms with Crippen LogP contribution in [0.2, 0.25) is 0 Å². The molecule has 0 amide bonds. The zero-order valence-corrected chi connectivity index (χ0v) is 7.22. The molecule has 0 aromatic rings. The molecule has 0 spiro atoms. The average molecular weight is 196 g/mol. The van der Waals surface area contributed by atoms with Gasteiger partial charge in [-0.2, -0.15) is 0 Å². The van der Waals surface area contributed by atoms with Crippen LogP contribution in [0.4, 0.5) is 0 Å². The molecule has 4 N–H and O–H groups in total. The van der Waals surface area contributed by atoms with E-state index in [0.29, 0.717) is 0 Å². The Labute approximate surface area is 74.2 Å². The first kappa shape index (κ1) is 17.5. The molecule has 0 fully saturated rings. The van der Waals surface area contributed by atoms with Crippen LogP contribution < -0.4 is 0 Å². The first-order valence-electron chi connectivity index (χ1n) is 2.95. The third kappa shape index (κ3) is 5310. The van der Waals surface area contributed by atoms with Gasteiger partial charge in [0.15, 0.2) is 0 Å². The molecule has 0 unspecified atom stereocenters. The molecule has 0 aliphatic rings. The molecular formula is C6H12O7. The number of carboxylic acid groups (broad SMARTS) is 3. The molecule has 0 aliphatic carbocycles. The maximum atomic E-state index is 9.12. The van der Waals surface area contributed by atoms with Gasteiger partial charge in [0, 0.05) is 13.8 Å². The third-order valence-corrected chi connectivity index (χ3v) is 0.135. The molecule has 0 radical (unpaired) electrons. The van der Waals surface area contributed by atoms with E-state index >= 15 is 0 Å². The third-order valence-electron chi connectivity index (χ3n) is 0.135. The molecule has 0 aliphatic heterocycles. The van der Waals surface area contributed by atoms with E-state index < -0.39 is 24.5 Å². The predicted molar refractivity (Wildman–Crippen MR) is 41.3 cm³/mol. The normalized spacial score (nSPS) is 6.69. The van der Waals surface area contributed by atoms with Crippen molar-refractivity contribution in [3.63, 3.8) is 0 Å². The van der Waals surface area contributed by atoms with Gasteiger partial charge in [0.2, 0.25) is 0 Å². The van der Waals surface area contributed by atoms with Gasteiger partial charge in [0.05, 0.1) is 0 Å². The molecule has 13 heavy (non-hydrogen) atoms. The van der Waals surface area contributed by atoms with Crippen molar-refractivity contribution in [3.05, 3.63) is 0 Å². The van der Waals surface area contributed by atoms with E-state index in [4.69, 9.17) is 34.8 Å². The van der Waals surface area contributed by atoms with Crippen molar-refractivity contribution in [1.82, 2.24) is 0 Å². The minimum absolute atomic E-state index is 0.778. The molecule has 0 heterocycles. The van der Waals surface area contributed by atoms with Crippen LogP contribution in [-0.4, -0.2) is 44.9 Å². The molecule has 0 bridgehead atoms. The largest absolute Gasteiger partial charge is 0.481 e. The number of hydrogen-bond acceptors (Lipinski definition) is 4. The topological polar surface area (TPSA) is 132 Å².